The van der Waals surface area contributed by atoms with Crippen molar-refractivity contribution in [2.75, 3.05) is 39.6 Å². The summed E-state index contributed by atoms with van der Waals surface area (Å²) >= 11 is 0. The molecule has 3 unspecified atom stereocenters. The lowest BCUT2D eigenvalue weighted by Crippen LogP contribution is -2.30. The number of rotatable bonds is 83. The van der Waals surface area contributed by atoms with E-state index in [2.05, 4.69) is 48.5 Å². The largest absolute Gasteiger partial charge is 0.472 e. The van der Waals surface area contributed by atoms with E-state index >= 15 is 0 Å². The molecule has 6 atom stereocenters. The van der Waals surface area contributed by atoms with Crippen molar-refractivity contribution in [1.82, 2.24) is 0 Å². The van der Waals surface area contributed by atoms with Crippen molar-refractivity contribution < 1.29 is 80.2 Å². The topological polar surface area (TPSA) is 237 Å². The summed E-state index contributed by atoms with van der Waals surface area (Å²) < 4.78 is 68.9. The maximum atomic E-state index is 13.1. The van der Waals surface area contributed by atoms with Crippen LogP contribution in [-0.4, -0.2) is 96.7 Å². The van der Waals surface area contributed by atoms with Crippen molar-refractivity contribution in [3.8, 4) is 0 Å². The van der Waals surface area contributed by atoms with E-state index in [0.717, 1.165) is 108 Å². The molecule has 104 heavy (non-hydrogen) atoms. The number of aliphatic hydroxyl groups excluding tert-OH is 1. The Morgan fingerprint density at radius 2 is 0.490 bits per heavy atom. The van der Waals surface area contributed by atoms with E-state index in [1.165, 1.54) is 257 Å². The van der Waals surface area contributed by atoms with Crippen LogP contribution < -0.4 is 0 Å². The summed E-state index contributed by atoms with van der Waals surface area (Å²) in [5, 5.41) is 10.7. The number of carbonyl (C=O) groups excluding carboxylic acids is 4. The number of esters is 4. The van der Waals surface area contributed by atoms with Crippen molar-refractivity contribution in [3.63, 3.8) is 0 Å². The first-order valence-corrected chi connectivity index (χ1v) is 46.9. The summed E-state index contributed by atoms with van der Waals surface area (Å²) in [6.45, 7) is 12.0. The number of hydrogen-bond acceptors (Lipinski definition) is 15. The molecule has 19 heteroatoms. The number of phosphoric acid groups is 2. The van der Waals surface area contributed by atoms with Crippen molar-refractivity contribution in [3.05, 3.63) is 0 Å². The Morgan fingerprint density at radius 1 is 0.279 bits per heavy atom. The molecule has 3 N–H and O–H groups in total. The first-order chi connectivity index (χ1) is 50.3. The maximum Gasteiger partial charge on any atom is 0.472 e. The minimum Gasteiger partial charge on any atom is -0.462 e. The Morgan fingerprint density at radius 3 is 0.731 bits per heavy atom. The fourth-order valence-electron chi connectivity index (χ4n) is 13.2. The van der Waals surface area contributed by atoms with E-state index in [0.29, 0.717) is 25.7 Å². The Labute approximate surface area is 638 Å². The van der Waals surface area contributed by atoms with Gasteiger partial charge in [-0.1, -0.05) is 395 Å². The molecule has 0 saturated heterocycles. The summed E-state index contributed by atoms with van der Waals surface area (Å²) in [5.74, 6) is 0.285. The van der Waals surface area contributed by atoms with Gasteiger partial charge in [-0.25, -0.2) is 9.13 Å². The Bertz CT molecular complexity index is 2010. The second kappa shape index (κ2) is 75.1. The van der Waals surface area contributed by atoms with Crippen LogP contribution >= 0.6 is 15.6 Å². The Kier molecular flexibility index (Phi) is 73.7. The lowest BCUT2D eigenvalue weighted by atomic mass is 9.99. The van der Waals surface area contributed by atoms with Gasteiger partial charge < -0.3 is 33.8 Å². The summed E-state index contributed by atoms with van der Waals surface area (Å²) in [6, 6.07) is 0. The van der Waals surface area contributed by atoms with Crippen LogP contribution in [0.25, 0.3) is 0 Å². The highest BCUT2D eigenvalue weighted by Crippen LogP contribution is 2.45. The van der Waals surface area contributed by atoms with Gasteiger partial charge in [0.1, 0.15) is 19.3 Å². The lowest BCUT2D eigenvalue weighted by molar-refractivity contribution is -0.161. The molecule has 0 rings (SSSR count). The summed E-state index contributed by atoms with van der Waals surface area (Å²) in [6.07, 6.45) is 65.1. The molecule has 0 aliphatic carbocycles. The summed E-state index contributed by atoms with van der Waals surface area (Å²) in [5.41, 5.74) is 0. The van der Waals surface area contributed by atoms with Gasteiger partial charge in [0, 0.05) is 25.7 Å². The molecule has 618 valence electrons. The van der Waals surface area contributed by atoms with Crippen LogP contribution in [0.1, 0.15) is 447 Å². The second-order valence-corrected chi connectivity index (χ2v) is 34.7. The van der Waals surface area contributed by atoms with Crippen LogP contribution in [0.3, 0.4) is 0 Å². The van der Waals surface area contributed by atoms with E-state index in [-0.39, 0.29) is 25.7 Å². The van der Waals surface area contributed by atoms with Gasteiger partial charge in [0.2, 0.25) is 0 Å². The van der Waals surface area contributed by atoms with Gasteiger partial charge in [-0.2, -0.15) is 0 Å². The number of unbranched alkanes of at least 4 members (excludes halogenated alkanes) is 50. The zero-order valence-corrected chi connectivity index (χ0v) is 70.3. The van der Waals surface area contributed by atoms with Gasteiger partial charge in [-0.3, -0.25) is 37.3 Å². The fraction of sp³-hybridized carbons (Fsp3) is 0.953. The molecule has 0 aromatic heterocycles. The number of hydrogen-bond donors (Lipinski definition) is 3. The molecule has 0 heterocycles. The predicted molar refractivity (Wildman–Crippen MR) is 428 cm³/mol. The molecule has 0 aliphatic rings. The van der Waals surface area contributed by atoms with Gasteiger partial charge in [0.05, 0.1) is 26.4 Å². The van der Waals surface area contributed by atoms with Crippen molar-refractivity contribution >= 4 is 39.5 Å². The number of carbonyl (C=O) groups is 4. The SMILES string of the molecule is CCCCCCCCCCCCCCCCCC(=O)O[C@H](COC(=O)CCCCCCCCCCC(C)CC)COP(=O)(O)OC[C@H](O)COP(=O)(O)OC[C@@H](COC(=O)CCCCCCCCCCCCCCCC(C)C)OC(=O)CCCCCCCCCCCCCCCCCCCCC(C)C. The molecule has 0 amide bonds. The van der Waals surface area contributed by atoms with E-state index in [1.54, 1.807) is 0 Å². The van der Waals surface area contributed by atoms with Gasteiger partial charge in [0.25, 0.3) is 0 Å². The third-order valence-electron chi connectivity index (χ3n) is 20.2. The van der Waals surface area contributed by atoms with Crippen molar-refractivity contribution in [2.45, 2.75) is 465 Å². The van der Waals surface area contributed by atoms with Crippen LogP contribution in [0.15, 0.2) is 0 Å². The zero-order valence-electron chi connectivity index (χ0n) is 68.5. The monoisotopic (exact) mass is 1520 g/mol. The van der Waals surface area contributed by atoms with Crippen LogP contribution in [0.4, 0.5) is 0 Å². The fourth-order valence-corrected chi connectivity index (χ4v) is 14.7. The van der Waals surface area contributed by atoms with Gasteiger partial charge in [-0.15, -0.1) is 0 Å². The first kappa shape index (κ1) is 102. The van der Waals surface area contributed by atoms with Crippen LogP contribution in [-0.2, 0) is 65.4 Å². The molecule has 17 nitrogen and oxygen atoms in total. The minimum absolute atomic E-state index is 0.108. The van der Waals surface area contributed by atoms with Crippen LogP contribution in [0, 0.1) is 17.8 Å². The van der Waals surface area contributed by atoms with E-state index in [9.17, 15) is 43.2 Å². The van der Waals surface area contributed by atoms with Gasteiger partial charge in [-0.05, 0) is 43.4 Å². The molecule has 0 aromatic rings. The van der Waals surface area contributed by atoms with E-state index in [4.69, 9.17) is 37.0 Å². The minimum atomic E-state index is -4.97. The Hall–Kier alpha value is -1.94. The highest BCUT2D eigenvalue weighted by Gasteiger charge is 2.30. The quantitative estimate of drug-likeness (QED) is 0.0222. The maximum absolute atomic E-state index is 13.1. The highest BCUT2D eigenvalue weighted by molar-refractivity contribution is 7.47. The van der Waals surface area contributed by atoms with Crippen molar-refractivity contribution in [2.24, 2.45) is 17.8 Å². The lowest BCUT2D eigenvalue weighted by Gasteiger charge is -2.21. The molecule has 0 radical (unpaired) electrons. The van der Waals surface area contributed by atoms with Gasteiger partial charge >= 0.3 is 39.5 Å². The number of phosphoric ester groups is 2. The van der Waals surface area contributed by atoms with E-state index in [1.807, 2.05) is 0 Å². The third-order valence-corrected chi connectivity index (χ3v) is 22.1. The van der Waals surface area contributed by atoms with Crippen LogP contribution in [0.2, 0.25) is 0 Å². The zero-order chi connectivity index (χ0) is 76.5. The molecule has 0 spiro atoms. The standard InChI is InChI=1S/C85H166O17P2/c1-8-10-11-12-13-14-15-16-21-27-33-38-47-54-61-68-85(90)102-81(73-96-83(88)67-60-53-46-41-40-44-51-58-65-78(7)9-2)75-100-104(93,94)98-71-79(86)70-97-103(91,92)99-74-80(72-95-82(87)66-59-52-45-37-32-29-24-26-31-36-43-50-57-64-77(5)6)101-84(89)69-62-55-48-39-34-28-23-20-18-17-19-22-25-30-35-42-49-56-63-76(3)4/h76-81,86H,8-75H2,1-7H3,(H,91,92)(H,93,94)/t78?,79-,80-,81-/m1/s1. The molecule has 0 bridgehead atoms. The number of ether oxygens (including phenoxy) is 4. The normalized spacial score (nSPS) is 14.2. The molecule has 0 fully saturated rings. The average Bonchev–Trinajstić information content (AvgIpc) is 0.908. The van der Waals surface area contributed by atoms with Gasteiger partial charge in [0.15, 0.2) is 12.2 Å². The highest BCUT2D eigenvalue weighted by atomic mass is 31.2. The predicted octanol–water partition coefficient (Wildman–Crippen LogP) is 25.7. The summed E-state index contributed by atoms with van der Waals surface area (Å²) in [7, 11) is -9.93. The second-order valence-electron chi connectivity index (χ2n) is 31.8. The first-order valence-electron chi connectivity index (χ1n) is 43.9. The summed E-state index contributed by atoms with van der Waals surface area (Å²) in [4.78, 5) is 73.2. The molecular weight excluding hydrogens is 1350 g/mol. The molecule has 0 aromatic carbocycles. The molecular formula is C85H166O17P2. The smallest absolute Gasteiger partial charge is 0.462 e. The number of aliphatic hydroxyl groups is 1. The third kappa shape index (κ3) is 76.8. The molecule has 0 saturated carbocycles. The molecule has 0 aliphatic heterocycles. The average molecular weight is 1520 g/mol. The van der Waals surface area contributed by atoms with Crippen molar-refractivity contribution in [1.29, 1.82) is 0 Å². The van der Waals surface area contributed by atoms with E-state index < -0.39 is 97.5 Å². The Balaban J connectivity index is 5.25. The van der Waals surface area contributed by atoms with Crippen LogP contribution in [0.5, 0.6) is 0 Å².